The Bertz CT molecular complexity index is 1280. The van der Waals surface area contributed by atoms with E-state index in [1.54, 1.807) is 6.33 Å². The lowest BCUT2D eigenvalue weighted by Gasteiger charge is -2.35. The van der Waals surface area contributed by atoms with Crippen molar-refractivity contribution in [2.24, 2.45) is 0 Å². The Labute approximate surface area is 217 Å². The maximum Gasteiger partial charge on any atom is 0.146 e. The quantitative estimate of drug-likeness (QED) is 0.517. The van der Waals surface area contributed by atoms with Crippen LogP contribution >= 0.6 is 0 Å². The molecule has 0 unspecified atom stereocenters. The molecule has 5 heterocycles. The third-order valence-electron chi connectivity index (χ3n) is 9.32. The number of rotatable bonds is 6. The molecule has 0 radical (unpaired) electrons. The second-order valence-electron chi connectivity index (χ2n) is 11.6. The largest absolute Gasteiger partial charge is 0.491 e. The Morgan fingerprint density at radius 1 is 1.05 bits per heavy atom. The molecule has 1 aliphatic carbocycles. The fraction of sp³-hybridized carbons (Fsp3) is 0.586. The molecule has 37 heavy (non-hydrogen) atoms. The van der Waals surface area contributed by atoms with Crippen molar-refractivity contribution in [1.29, 1.82) is 0 Å². The van der Waals surface area contributed by atoms with E-state index < -0.39 is 0 Å². The van der Waals surface area contributed by atoms with Crippen LogP contribution in [0, 0.1) is 0 Å². The second kappa shape index (κ2) is 9.26. The Hall–Kier alpha value is -2.68. The van der Waals surface area contributed by atoms with Crippen molar-refractivity contribution < 1.29 is 14.6 Å². The Balaban J connectivity index is 1.14. The van der Waals surface area contributed by atoms with Crippen LogP contribution in [0.5, 0.6) is 5.75 Å². The summed E-state index contributed by atoms with van der Waals surface area (Å²) in [6.07, 6.45) is 13.9. The lowest BCUT2D eigenvalue weighted by atomic mass is 9.89. The van der Waals surface area contributed by atoms with Gasteiger partial charge in [0.1, 0.15) is 35.7 Å². The van der Waals surface area contributed by atoms with Gasteiger partial charge in [0.15, 0.2) is 0 Å². The molecule has 2 aromatic heterocycles. The number of nitrogens with two attached hydrogens (primary N) is 1. The van der Waals surface area contributed by atoms with E-state index >= 15 is 0 Å². The number of nitrogen functional groups attached to an aromatic ring is 1. The van der Waals surface area contributed by atoms with Crippen LogP contribution in [0.15, 0.2) is 36.8 Å². The lowest BCUT2D eigenvalue weighted by Crippen LogP contribution is -2.37. The van der Waals surface area contributed by atoms with Gasteiger partial charge in [-0.05, 0) is 75.5 Å². The molecule has 3 N–H and O–H groups in total. The summed E-state index contributed by atoms with van der Waals surface area (Å²) in [5.74, 6) is 1.37. The SMILES string of the molecule is Nc1ncnc2c1c(-c1cccc(OCC34CCC(CC3)O4)c1)cn2C1CCC(N2CC[C@H](O)C2)CC1. The highest BCUT2D eigenvalue weighted by molar-refractivity contribution is 6.00. The highest BCUT2D eigenvalue weighted by Gasteiger charge is 2.46. The first kappa shape index (κ1) is 23.4. The smallest absolute Gasteiger partial charge is 0.146 e. The monoisotopic (exact) mass is 503 g/mol. The van der Waals surface area contributed by atoms with E-state index in [4.69, 9.17) is 15.2 Å². The van der Waals surface area contributed by atoms with Crippen molar-refractivity contribution in [3.05, 3.63) is 36.8 Å². The van der Waals surface area contributed by atoms with E-state index in [9.17, 15) is 5.11 Å². The summed E-state index contributed by atoms with van der Waals surface area (Å²) >= 11 is 0. The van der Waals surface area contributed by atoms with E-state index in [1.807, 2.05) is 12.1 Å². The summed E-state index contributed by atoms with van der Waals surface area (Å²) < 4.78 is 14.8. The predicted octanol–water partition coefficient (Wildman–Crippen LogP) is 4.32. The van der Waals surface area contributed by atoms with Crippen molar-refractivity contribution in [3.8, 4) is 16.9 Å². The molecule has 7 rings (SSSR count). The number of benzene rings is 1. The maximum atomic E-state index is 9.96. The summed E-state index contributed by atoms with van der Waals surface area (Å²) in [6, 6.07) is 9.25. The number of hydrogen-bond acceptors (Lipinski definition) is 7. The van der Waals surface area contributed by atoms with Gasteiger partial charge in [0.05, 0.1) is 17.6 Å². The van der Waals surface area contributed by atoms with Gasteiger partial charge in [-0.25, -0.2) is 9.97 Å². The minimum absolute atomic E-state index is 0.0963. The molecule has 8 heteroatoms. The predicted molar refractivity (Wildman–Crippen MR) is 142 cm³/mol. The lowest BCUT2D eigenvalue weighted by molar-refractivity contribution is -0.0198. The Kier molecular flexibility index (Phi) is 5.86. The minimum Gasteiger partial charge on any atom is -0.491 e. The average molecular weight is 504 g/mol. The first-order valence-electron chi connectivity index (χ1n) is 14.0. The summed E-state index contributed by atoms with van der Waals surface area (Å²) in [7, 11) is 0. The number of aliphatic hydroxyl groups excluding tert-OH is 1. The van der Waals surface area contributed by atoms with Gasteiger partial charge in [-0.1, -0.05) is 12.1 Å². The van der Waals surface area contributed by atoms with Gasteiger partial charge < -0.3 is 24.9 Å². The van der Waals surface area contributed by atoms with Crippen LogP contribution in [0.2, 0.25) is 0 Å². The highest BCUT2D eigenvalue weighted by atomic mass is 16.6. The van der Waals surface area contributed by atoms with E-state index in [1.165, 1.54) is 0 Å². The summed E-state index contributed by atoms with van der Waals surface area (Å²) in [4.78, 5) is 11.5. The number of hydrogen-bond donors (Lipinski definition) is 2. The van der Waals surface area contributed by atoms with Crippen molar-refractivity contribution in [2.45, 2.75) is 87.7 Å². The zero-order valence-corrected chi connectivity index (χ0v) is 21.4. The summed E-state index contributed by atoms with van der Waals surface area (Å²) in [5, 5.41) is 10.9. The molecule has 196 valence electrons. The van der Waals surface area contributed by atoms with Crippen LogP contribution in [-0.2, 0) is 4.74 Å². The Morgan fingerprint density at radius 3 is 2.59 bits per heavy atom. The molecule has 3 saturated heterocycles. The normalized spacial score (nSPS) is 31.9. The van der Waals surface area contributed by atoms with Gasteiger partial charge in [0.25, 0.3) is 0 Å². The fourth-order valence-corrected chi connectivity index (χ4v) is 7.26. The molecule has 1 aromatic carbocycles. The van der Waals surface area contributed by atoms with E-state index in [2.05, 4.69) is 37.8 Å². The van der Waals surface area contributed by atoms with Crippen molar-refractivity contribution in [2.75, 3.05) is 25.4 Å². The van der Waals surface area contributed by atoms with Gasteiger partial charge in [-0.2, -0.15) is 0 Å². The fourth-order valence-electron chi connectivity index (χ4n) is 7.26. The van der Waals surface area contributed by atoms with Crippen LogP contribution in [-0.4, -0.2) is 68.1 Å². The molecule has 4 aliphatic rings. The van der Waals surface area contributed by atoms with Gasteiger partial charge in [0, 0.05) is 36.9 Å². The van der Waals surface area contributed by atoms with Crippen LogP contribution < -0.4 is 10.5 Å². The molecular weight excluding hydrogens is 466 g/mol. The average Bonchev–Trinajstić information content (AvgIpc) is 3.72. The molecule has 2 bridgehead atoms. The number of anilines is 1. The van der Waals surface area contributed by atoms with Gasteiger partial charge in [-0.15, -0.1) is 0 Å². The number of aliphatic hydroxyl groups is 1. The van der Waals surface area contributed by atoms with Crippen molar-refractivity contribution >= 4 is 16.9 Å². The number of β-amino-alcohol motifs (C(OH)–C–C–N with tert-alkyl or cyclic N) is 1. The van der Waals surface area contributed by atoms with Crippen LogP contribution in [0.3, 0.4) is 0 Å². The third kappa shape index (κ3) is 4.29. The maximum absolute atomic E-state index is 9.96. The van der Waals surface area contributed by atoms with Crippen molar-refractivity contribution in [3.63, 3.8) is 0 Å². The number of fused-ring (bicyclic) bond motifs is 3. The molecule has 0 amide bonds. The van der Waals surface area contributed by atoms with Crippen molar-refractivity contribution in [1.82, 2.24) is 19.4 Å². The first-order valence-corrected chi connectivity index (χ1v) is 14.0. The van der Waals surface area contributed by atoms with Gasteiger partial charge >= 0.3 is 0 Å². The molecule has 3 aromatic rings. The van der Waals surface area contributed by atoms with Crippen LogP contribution in [0.25, 0.3) is 22.2 Å². The molecule has 1 saturated carbocycles. The molecular formula is C29H37N5O3. The van der Waals surface area contributed by atoms with Crippen LogP contribution in [0.1, 0.15) is 63.8 Å². The van der Waals surface area contributed by atoms with E-state index in [0.717, 1.165) is 98.8 Å². The molecule has 1 atom stereocenters. The van der Waals surface area contributed by atoms with E-state index in [0.29, 0.717) is 30.6 Å². The molecule has 3 aliphatic heterocycles. The number of aromatic nitrogens is 3. The van der Waals surface area contributed by atoms with Gasteiger partial charge in [-0.3, -0.25) is 4.90 Å². The molecule has 8 nitrogen and oxygen atoms in total. The second-order valence-corrected chi connectivity index (χ2v) is 11.6. The van der Waals surface area contributed by atoms with Gasteiger partial charge in [0.2, 0.25) is 0 Å². The number of ether oxygens (including phenoxy) is 2. The zero-order chi connectivity index (χ0) is 25.0. The van der Waals surface area contributed by atoms with E-state index in [-0.39, 0.29) is 11.7 Å². The standard InChI is InChI=1S/C29H37N5O3/c30-27-26-25(19-2-1-3-24(14-19)36-17-29-11-8-23(37-29)9-12-29)16-34(28(26)32-18-31-27)21-6-4-20(5-7-21)33-13-10-22(35)15-33/h1-3,14,16,18,20-23,35H,4-13,15,17H2,(H2,30,31,32)/t20?,21?,22-,23?,29?/m0/s1. The highest BCUT2D eigenvalue weighted by Crippen LogP contribution is 2.44. The number of nitrogens with zero attached hydrogens (tertiary/aromatic N) is 4. The third-order valence-corrected chi connectivity index (χ3v) is 9.32. The first-order chi connectivity index (χ1) is 18.1. The Morgan fingerprint density at radius 2 is 1.86 bits per heavy atom. The summed E-state index contributed by atoms with van der Waals surface area (Å²) in [5.41, 5.74) is 9.36. The topological polar surface area (TPSA) is 98.7 Å². The zero-order valence-electron chi connectivity index (χ0n) is 21.4. The molecule has 0 spiro atoms. The van der Waals surface area contributed by atoms with Crippen LogP contribution in [0.4, 0.5) is 5.82 Å². The number of likely N-dealkylation sites (tertiary alicyclic amines) is 1. The summed E-state index contributed by atoms with van der Waals surface area (Å²) in [6.45, 7) is 2.45. The molecule has 4 fully saturated rings. The minimum atomic E-state index is -0.159.